The predicted octanol–water partition coefficient (Wildman–Crippen LogP) is 3.99. The highest BCUT2D eigenvalue weighted by Crippen LogP contribution is 2.35. The van der Waals surface area contributed by atoms with Crippen molar-refractivity contribution in [3.05, 3.63) is 53.3 Å². The van der Waals surface area contributed by atoms with Crippen molar-refractivity contribution >= 4 is 21.6 Å². The Kier molecular flexibility index (Phi) is 9.18. The van der Waals surface area contributed by atoms with E-state index in [2.05, 4.69) is 0 Å². The molecule has 0 bridgehead atoms. The van der Waals surface area contributed by atoms with Crippen LogP contribution >= 0.6 is 0 Å². The molecular formula is C26H33F4N3O5S. The number of hydrogen-bond acceptors (Lipinski definition) is 6. The smallest absolute Gasteiger partial charge is 0.417 e. The quantitative estimate of drug-likeness (QED) is 0.455. The number of nitrogens with zero attached hydrogens (tertiary/aromatic N) is 3. The first-order valence-electron chi connectivity index (χ1n) is 12.5. The van der Waals surface area contributed by atoms with E-state index >= 15 is 0 Å². The summed E-state index contributed by atoms with van der Waals surface area (Å²) in [6.07, 6.45) is -4.90. The van der Waals surface area contributed by atoms with Crippen LogP contribution in [0.5, 0.6) is 5.75 Å². The summed E-state index contributed by atoms with van der Waals surface area (Å²) in [5, 5.41) is 10.1. The van der Waals surface area contributed by atoms with Crippen molar-refractivity contribution in [3.63, 3.8) is 0 Å². The van der Waals surface area contributed by atoms with E-state index in [0.29, 0.717) is 17.5 Å². The van der Waals surface area contributed by atoms with Crippen LogP contribution in [-0.4, -0.2) is 80.1 Å². The van der Waals surface area contributed by atoms with Gasteiger partial charge in [0.1, 0.15) is 18.2 Å². The Morgan fingerprint density at radius 1 is 1.03 bits per heavy atom. The van der Waals surface area contributed by atoms with Gasteiger partial charge in [0.15, 0.2) is 0 Å². The fraction of sp³-hybridized carbons (Fsp3) is 0.500. The highest BCUT2D eigenvalue weighted by atomic mass is 32.2. The first-order valence-corrected chi connectivity index (χ1v) is 13.9. The van der Waals surface area contributed by atoms with Crippen LogP contribution in [0.2, 0.25) is 0 Å². The van der Waals surface area contributed by atoms with Crippen LogP contribution in [0.3, 0.4) is 0 Å². The Bertz CT molecular complexity index is 1280. The number of rotatable bonds is 9. The van der Waals surface area contributed by atoms with Gasteiger partial charge in [-0.05, 0) is 50.2 Å². The number of anilines is 1. The molecule has 1 saturated heterocycles. The number of sulfonamides is 1. The van der Waals surface area contributed by atoms with E-state index in [1.165, 1.54) is 27.4 Å². The fourth-order valence-electron chi connectivity index (χ4n) is 4.25. The van der Waals surface area contributed by atoms with Gasteiger partial charge in [0.05, 0.1) is 27.3 Å². The van der Waals surface area contributed by atoms with Crippen molar-refractivity contribution in [1.29, 1.82) is 0 Å². The summed E-state index contributed by atoms with van der Waals surface area (Å²) in [5.41, 5.74) is -2.73. The molecule has 8 nitrogen and oxygen atoms in total. The number of hydrogen-bond donors (Lipinski definition) is 1. The highest BCUT2D eigenvalue weighted by Gasteiger charge is 2.37. The molecule has 1 amide bonds. The number of carbonyl (C=O) groups is 1. The van der Waals surface area contributed by atoms with Crippen molar-refractivity contribution in [1.82, 2.24) is 9.21 Å². The summed E-state index contributed by atoms with van der Waals surface area (Å²) in [4.78, 5) is 16.0. The topological polar surface area (TPSA) is 90.4 Å². The van der Waals surface area contributed by atoms with Crippen LogP contribution in [-0.2, 0) is 16.2 Å². The molecule has 0 aliphatic carbocycles. The number of alkyl halides is 3. The second-order valence-electron chi connectivity index (χ2n) is 9.79. The lowest BCUT2D eigenvalue weighted by atomic mass is 10.0. The zero-order valence-electron chi connectivity index (χ0n) is 22.3. The van der Waals surface area contributed by atoms with Crippen molar-refractivity contribution in [2.45, 2.75) is 44.4 Å². The molecule has 3 rings (SSSR count). The highest BCUT2D eigenvalue weighted by molar-refractivity contribution is 7.89. The number of benzene rings is 2. The number of ether oxygens (including phenoxy) is 1. The average Bonchev–Trinajstić information content (AvgIpc) is 2.86. The van der Waals surface area contributed by atoms with Gasteiger partial charge in [-0.25, -0.2) is 12.8 Å². The molecule has 2 aromatic rings. The zero-order valence-corrected chi connectivity index (χ0v) is 23.1. The van der Waals surface area contributed by atoms with E-state index in [1.54, 1.807) is 32.6 Å². The molecule has 39 heavy (non-hydrogen) atoms. The van der Waals surface area contributed by atoms with E-state index in [-0.39, 0.29) is 50.8 Å². The first kappa shape index (κ1) is 30.6. The second kappa shape index (κ2) is 11.7. The van der Waals surface area contributed by atoms with Gasteiger partial charge < -0.3 is 19.6 Å². The molecule has 0 aromatic heterocycles. The number of aliphatic hydroxyl groups is 1. The monoisotopic (exact) mass is 575 g/mol. The number of amides is 1. The third-order valence-corrected chi connectivity index (χ3v) is 8.33. The van der Waals surface area contributed by atoms with E-state index in [9.17, 15) is 35.9 Å². The minimum Gasteiger partial charge on any atom is -0.488 e. The van der Waals surface area contributed by atoms with Gasteiger partial charge >= 0.3 is 6.18 Å². The number of halogens is 4. The van der Waals surface area contributed by atoms with Crippen LogP contribution in [0.4, 0.5) is 23.2 Å². The van der Waals surface area contributed by atoms with Gasteiger partial charge in [-0.15, -0.1) is 0 Å². The van der Waals surface area contributed by atoms with E-state index < -0.39 is 44.7 Å². The van der Waals surface area contributed by atoms with Crippen LogP contribution in [0, 0.1) is 5.82 Å². The molecule has 2 aromatic carbocycles. The van der Waals surface area contributed by atoms with Crippen LogP contribution < -0.4 is 9.64 Å². The van der Waals surface area contributed by atoms with E-state index in [1.807, 2.05) is 0 Å². The third kappa shape index (κ3) is 7.20. The van der Waals surface area contributed by atoms with Crippen molar-refractivity contribution in [3.8, 4) is 5.75 Å². The van der Waals surface area contributed by atoms with Gasteiger partial charge in [-0.2, -0.15) is 17.5 Å². The Balaban J connectivity index is 1.89. The van der Waals surface area contributed by atoms with Gasteiger partial charge in [0.2, 0.25) is 10.0 Å². The van der Waals surface area contributed by atoms with Crippen LogP contribution in [0.25, 0.3) is 0 Å². The van der Waals surface area contributed by atoms with Crippen molar-refractivity contribution in [2.75, 3.05) is 50.8 Å². The lowest BCUT2D eigenvalue weighted by Crippen LogP contribution is -2.49. The lowest BCUT2D eigenvalue weighted by molar-refractivity contribution is -0.138. The molecular weight excluding hydrogens is 542 g/mol. The standard InChI is InChI=1S/C26H33F4N3O5S/c1-5-33(6-2)39(36,37)19-8-10-23(38-17-25(3,4)35)22(16-19)31-11-13-32(14-12-31)24(34)20-9-7-18(27)15-21(20)26(28,29)30/h7-10,15-16,35H,5-6,11-14,17H2,1-4H3. The molecule has 0 saturated carbocycles. The molecule has 216 valence electrons. The molecule has 1 fully saturated rings. The number of piperazine rings is 1. The average molecular weight is 576 g/mol. The molecule has 13 heteroatoms. The van der Waals surface area contributed by atoms with Gasteiger partial charge in [0, 0.05) is 39.3 Å². The molecule has 1 aliphatic heterocycles. The summed E-state index contributed by atoms with van der Waals surface area (Å²) in [7, 11) is -3.80. The maximum Gasteiger partial charge on any atom is 0.417 e. The SMILES string of the molecule is CCN(CC)S(=O)(=O)c1ccc(OCC(C)(C)O)c(N2CCN(C(=O)c3ccc(F)cc3C(F)(F)F)CC2)c1. The second-order valence-corrected chi connectivity index (χ2v) is 11.7. The molecule has 0 unspecified atom stereocenters. The van der Waals surface area contributed by atoms with E-state index in [0.717, 1.165) is 12.1 Å². The maximum absolute atomic E-state index is 13.5. The Hall–Kier alpha value is -2.90. The first-order chi connectivity index (χ1) is 18.1. The Labute approximate surface area is 225 Å². The maximum atomic E-state index is 13.5. The third-order valence-electron chi connectivity index (χ3n) is 6.28. The predicted molar refractivity (Wildman–Crippen MR) is 138 cm³/mol. The van der Waals surface area contributed by atoms with Crippen LogP contribution in [0.15, 0.2) is 41.3 Å². The summed E-state index contributed by atoms with van der Waals surface area (Å²) < 4.78 is 87.3. The fourth-order valence-corrected chi connectivity index (χ4v) is 5.73. The summed E-state index contributed by atoms with van der Waals surface area (Å²) >= 11 is 0. The largest absolute Gasteiger partial charge is 0.488 e. The minimum atomic E-state index is -4.90. The minimum absolute atomic E-state index is 0.0332. The number of carbonyl (C=O) groups excluding carboxylic acids is 1. The van der Waals surface area contributed by atoms with Gasteiger partial charge in [-0.3, -0.25) is 4.79 Å². The molecule has 1 heterocycles. The van der Waals surface area contributed by atoms with Crippen LogP contribution in [0.1, 0.15) is 43.6 Å². The molecule has 0 spiro atoms. The summed E-state index contributed by atoms with van der Waals surface area (Å²) in [6.45, 7) is 7.44. The summed E-state index contributed by atoms with van der Waals surface area (Å²) in [5.74, 6) is -1.66. The molecule has 1 N–H and O–H groups in total. The molecule has 0 radical (unpaired) electrons. The van der Waals surface area contributed by atoms with Crippen molar-refractivity contribution in [2.24, 2.45) is 0 Å². The summed E-state index contributed by atoms with van der Waals surface area (Å²) in [6, 6.07) is 6.33. The lowest BCUT2D eigenvalue weighted by Gasteiger charge is -2.37. The molecule has 0 atom stereocenters. The Morgan fingerprint density at radius 2 is 1.64 bits per heavy atom. The van der Waals surface area contributed by atoms with Gasteiger partial charge in [-0.1, -0.05) is 13.8 Å². The van der Waals surface area contributed by atoms with E-state index in [4.69, 9.17) is 4.74 Å². The normalized spacial score (nSPS) is 15.1. The zero-order chi connectivity index (χ0) is 29.2. The Morgan fingerprint density at radius 3 is 2.18 bits per heavy atom. The van der Waals surface area contributed by atoms with Crippen molar-refractivity contribution < 1.29 is 40.6 Å². The molecule has 1 aliphatic rings. The van der Waals surface area contributed by atoms with Gasteiger partial charge in [0.25, 0.3) is 5.91 Å².